The molecule has 0 N–H and O–H groups in total. The first-order valence-electron chi connectivity index (χ1n) is 22.1. The van der Waals surface area contributed by atoms with Crippen molar-refractivity contribution in [2.24, 2.45) is 0 Å². The van der Waals surface area contributed by atoms with Crippen molar-refractivity contribution >= 4 is 47.3 Å². The SMILES string of the molecule is C[Si]1(C)c2cc(-c3ccccc3)ccc2-c2ccc(-c3nc(-c4ccccc4)nc(-c4cccc5c4-c4cc(-c6ccccc6)ccc4[Si]5(c4ccccc4)c4ccccc4)n3)cc21. The highest BCUT2D eigenvalue weighted by atomic mass is 28.3. The Bertz CT molecular complexity index is 3350. The van der Waals surface area contributed by atoms with Gasteiger partial charge in [0.2, 0.25) is 0 Å². The maximum absolute atomic E-state index is 5.51. The van der Waals surface area contributed by atoms with Gasteiger partial charge in [0, 0.05) is 16.7 Å². The van der Waals surface area contributed by atoms with Crippen molar-refractivity contribution in [1.29, 1.82) is 0 Å². The summed E-state index contributed by atoms with van der Waals surface area (Å²) in [5.41, 5.74) is 13.0. The minimum atomic E-state index is -2.82. The second-order valence-electron chi connectivity index (χ2n) is 17.5. The topological polar surface area (TPSA) is 38.7 Å². The van der Waals surface area contributed by atoms with E-state index in [0.717, 1.165) is 16.7 Å². The number of aromatic nitrogens is 3. The molecular formula is C59H43N3Si2. The fourth-order valence-corrected chi connectivity index (χ4v) is 18.9. The van der Waals surface area contributed by atoms with Crippen molar-refractivity contribution in [2.45, 2.75) is 13.1 Å². The largest absolute Gasteiger partial charge is 0.208 e. The molecule has 12 rings (SSSR count). The van der Waals surface area contributed by atoms with E-state index < -0.39 is 16.1 Å². The Labute approximate surface area is 376 Å². The number of hydrogen-bond donors (Lipinski definition) is 0. The van der Waals surface area contributed by atoms with Gasteiger partial charge in [0.15, 0.2) is 25.5 Å². The highest BCUT2D eigenvalue weighted by molar-refractivity contribution is 7.22. The first kappa shape index (κ1) is 38.1. The lowest BCUT2D eigenvalue weighted by atomic mass is 9.95. The number of benzene rings is 9. The zero-order valence-corrected chi connectivity index (χ0v) is 37.7. The van der Waals surface area contributed by atoms with E-state index in [1.807, 2.05) is 6.07 Å². The molecule has 3 heterocycles. The summed E-state index contributed by atoms with van der Waals surface area (Å²) < 4.78 is 0. The molecule has 0 atom stereocenters. The van der Waals surface area contributed by atoms with Gasteiger partial charge >= 0.3 is 0 Å². The predicted octanol–water partition coefficient (Wildman–Crippen LogP) is 10.4. The Balaban J connectivity index is 1.08. The van der Waals surface area contributed by atoms with Gasteiger partial charge in [-0.3, -0.25) is 0 Å². The standard InChI is InChI=1S/C59H43N3Si2/c1-63(2)54-38-44(41-21-10-4-11-22-41)31-34-48(54)49-35-32-45(39-55(49)63)58-60-57(42-23-12-5-13-24-42)61-59(62-58)50-29-18-30-53-56(50)51-37-43(40-19-8-3-9-20-40)33-36-52(51)64(53,46-25-14-6-15-26-46)47-27-16-7-17-28-47/h3-39H,1-2H3. The molecule has 0 amide bonds. The molecule has 0 saturated heterocycles. The van der Waals surface area contributed by atoms with E-state index in [-0.39, 0.29) is 0 Å². The Morgan fingerprint density at radius 3 is 1.31 bits per heavy atom. The predicted molar refractivity (Wildman–Crippen MR) is 272 cm³/mol. The molecule has 0 spiro atoms. The molecule has 0 aliphatic carbocycles. The lowest BCUT2D eigenvalue weighted by Crippen LogP contribution is -2.72. The number of rotatable bonds is 7. The van der Waals surface area contributed by atoms with Gasteiger partial charge < -0.3 is 0 Å². The third kappa shape index (κ3) is 5.96. The maximum Gasteiger partial charge on any atom is 0.180 e. The molecule has 64 heavy (non-hydrogen) atoms. The van der Waals surface area contributed by atoms with E-state index in [4.69, 9.17) is 15.0 Å². The third-order valence-electron chi connectivity index (χ3n) is 13.6. The molecule has 0 bridgehead atoms. The Kier molecular flexibility index (Phi) is 8.97. The van der Waals surface area contributed by atoms with Crippen molar-refractivity contribution in [1.82, 2.24) is 15.0 Å². The van der Waals surface area contributed by atoms with Gasteiger partial charge in [-0.15, -0.1) is 0 Å². The summed E-state index contributed by atoms with van der Waals surface area (Å²) in [6.45, 7) is 4.96. The third-order valence-corrected chi connectivity index (χ3v) is 22.0. The highest BCUT2D eigenvalue weighted by Crippen LogP contribution is 2.39. The molecule has 2 aliphatic heterocycles. The zero-order valence-electron chi connectivity index (χ0n) is 35.7. The van der Waals surface area contributed by atoms with Gasteiger partial charge in [0.1, 0.15) is 8.07 Å². The fourth-order valence-electron chi connectivity index (χ4n) is 10.6. The van der Waals surface area contributed by atoms with Crippen LogP contribution >= 0.6 is 0 Å². The molecule has 5 heteroatoms. The van der Waals surface area contributed by atoms with Gasteiger partial charge in [-0.2, -0.15) is 0 Å². The first-order valence-corrected chi connectivity index (χ1v) is 27.1. The molecule has 0 saturated carbocycles. The van der Waals surface area contributed by atoms with E-state index in [1.54, 1.807) is 0 Å². The Morgan fingerprint density at radius 1 is 0.281 bits per heavy atom. The van der Waals surface area contributed by atoms with Gasteiger partial charge in [0.05, 0.1) is 0 Å². The molecule has 2 aliphatic rings. The summed E-state index contributed by atoms with van der Waals surface area (Å²) >= 11 is 0. The van der Waals surface area contributed by atoms with Crippen LogP contribution in [0.3, 0.4) is 0 Å². The van der Waals surface area contributed by atoms with Crippen LogP contribution in [0.2, 0.25) is 13.1 Å². The summed E-state index contributed by atoms with van der Waals surface area (Å²) in [7, 11) is -4.92. The minimum Gasteiger partial charge on any atom is -0.208 e. The molecule has 3 nitrogen and oxygen atoms in total. The van der Waals surface area contributed by atoms with Crippen LogP contribution in [0.4, 0.5) is 0 Å². The van der Waals surface area contributed by atoms with Gasteiger partial charge in [-0.25, -0.2) is 15.0 Å². The zero-order chi connectivity index (χ0) is 42.8. The van der Waals surface area contributed by atoms with Crippen molar-refractivity contribution in [2.75, 3.05) is 0 Å². The number of nitrogens with zero attached hydrogens (tertiary/aromatic N) is 3. The summed E-state index contributed by atoms with van der Waals surface area (Å²) in [4.78, 5) is 16.2. The molecular weight excluding hydrogens is 807 g/mol. The van der Waals surface area contributed by atoms with Gasteiger partial charge in [0.25, 0.3) is 0 Å². The van der Waals surface area contributed by atoms with Crippen LogP contribution in [-0.4, -0.2) is 31.1 Å². The maximum atomic E-state index is 5.51. The van der Waals surface area contributed by atoms with Crippen LogP contribution in [0, 0.1) is 0 Å². The summed E-state index contributed by atoms with van der Waals surface area (Å²) in [5, 5.41) is 8.33. The number of hydrogen-bond acceptors (Lipinski definition) is 3. The van der Waals surface area contributed by atoms with Crippen LogP contribution in [0.1, 0.15) is 0 Å². The second-order valence-corrected chi connectivity index (χ2v) is 25.6. The van der Waals surface area contributed by atoms with E-state index in [0.29, 0.717) is 17.5 Å². The Morgan fingerprint density at radius 2 is 0.734 bits per heavy atom. The van der Waals surface area contributed by atoms with E-state index in [9.17, 15) is 0 Å². The molecule has 1 aromatic heterocycles. The lowest BCUT2D eigenvalue weighted by molar-refractivity contribution is 1.07. The highest BCUT2D eigenvalue weighted by Gasteiger charge is 2.49. The van der Waals surface area contributed by atoms with Crippen molar-refractivity contribution < 1.29 is 0 Å². The van der Waals surface area contributed by atoms with Crippen molar-refractivity contribution in [3.05, 3.63) is 224 Å². The Hall–Kier alpha value is -7.58. The van der Waals surface area contributed by atoms with Crippen LogP contribution in [0.5, 0.6) is 0 Å². The van der Waals surface area contributed by atoms with Crippen LogP contribution in [0.25, 0.3) is 78.7 Å². The monoisotopic (exact) mass is 849 g/mol. The minimum absolute atomic E-state index is 0.664. The molecule has 0 radical (unpaired) electrons. The fraction of sp³-hybridized carbons (Fsp3) is 0.0339. The average molecular weight is 850 g/mol. The summed E-state index contributed by atoms with van der Waals surface area (Å²) in [5.74, 6) is 2.02. The second kappa shape index (κ2) is 15.1. The van der Waals surface area contributed by atoms with Gasteiger partial charge in [-0.05, 0) is 81.7 Å². The first-order chi connectivity index (χ1) is 31.5. The summed E-state index contributed by atoms with van der Waals surface area (Å²) in [6.07, 6.45) is 0. The molecule has 9 aromatic carbocycles. The molecule has 10 aromatic rings. The van der Waals surface area contributed by atoms with Crippen molar-refractivity contribution in [3.63, 3.8) is 0 Å². The van der Waals surface area contributed by atoms with Crippen LogP contribution in [-0.2, 0) is 0 Å². The smallest absolute Gasteiger partial charge is 0.180 e. The summed E-state index contributed by atoms with van der Waals surface area (Å²) in [6, 6.07) is 82.1. The van der Waals surface area contributed by atoms with E-state index in [2.05, 4.69) is 231 Å². The van der Waals surface area contributed by atoms with Gasteiger partial charge in [-0.1, -0.05) is 231 Å². The van der Waals surface area contributed by atoms with Crippen LogP contribution in [0.15, 0.2) is 224 Å². The lowest BCUT2D eigenvalue weighted by Gasteiger charge is -2.31. The molecule has 0 fully saturated rings. The van der Waals surface area contributed by atoms with Crippen LogP contribution < -0.4 is 31.1 Å². The molecule has 0 unspecified atom stereocenters. The van der Waals surface area contributed by atoms with E-state index in [1.165, 1.54) is 75.6 Å². The number of fused-ring (bicyclic) bond motifs is 6. The van der Waals surface area contributed by atoms with Crippen molar-refractivity contribution in [3.8, 4) is 78.7 Å². The molecule has 302 valence electrons. The normalized spacial score (nSPS) is 13.7. The van der Waals surface area contributed by atoms with E-state index >= 15 is 0 Å². The average Bonchev–Trinajstić information content (AvgIpc) is 3.79. The quantitative estimate of drug-likeness (QED) is 0.150.